The highest BCUT2D eigenvalue weighted by Gasteiger charge is 2.04. The SMILES string of the molecule is CN(C)C(=O)Nc1cc(Cl)cnn1. The van der Waals surface area contributed by atoms with E-state index in [9.17, 15) is 4.79 Å². The third-order valence-corrected chi connectivity index (χ3v) is 1.47. The molecule has 0 bridgehead atoms. The van der Waals surface area contributed by atoms with Crippen LogP contribution >= 0.6 is 11.6 Å². The van der Waals surface area contributed by atoms with Gasteiger partial charge < -0.3 is 4.90 Å². The van der Waals surface area contributed by atoms with Gasteiger partial charge in [-0.15, -0.1) is 5.10 Å². The molecule has 0 fully saturated rings. The summed E-state index contributed by atoms with van der Waals surface area (Å²) in [7, 11) is 3.26. The van der Waals surface area contributed by atoms with Gasteiger partial charge in [-0.05, 0) is 0 Å². The molecule has 2 amide bonds. The highest BCUT2D eigenvalue weighted by atomic mass is 35.5. The maximum Gasteiger partial charge on any atom is 0.322 e. The highest BCUT2D eigenvalue weighted by molar-refractivity contribution is 6.30. The summed E-state index contributed by atoms with van der Waals surface area (Å²) in [6, 6.07) is 1.26. The zero-order valence-corrected chi connectivity index (χ0v) is 8.04. The van der Waals surface area contributed by atoms with E-state index in [0.717, 1.165) is 0 Å². The van der Waals surface area contributed by atoms with E-state index in [0.29, 0.717) is 10.8 Å². The number of amides is 2. The Labute approximate surface area is 80.7 Å². The smallest absolute Gasteiger partial charge is 0.322 e. The molecule has 0 aliphatic carbocycles. The summed E-state index contributed by atoms with van der Waals surface area (Å²) in [5.74, 6) is 0.339. The highest BCUT2D eigenvalue weighted by Crippen LogP contribution is 2.09. The lowest BCUT2D eigenvalue weighted by molar-refractivity contribution is 0.230. The number of aromatic nitrogens is 2. The molecular weight excluding hydrogens is 192 g/mol. The molecule has 0 spiro atoms. The van der Waals surface area contributed by atoms with E-state index >= 15 is 0 Å². The maximum absolute atomic E-state index is 11.1. The zero-order chi connectivity index (χ0) is 9.84. The number of hydrogen-bond acceptors (Lipinski definition) is 3. The van der Waals surface area contributed by atoms with Gasteiger partial charge in [-0.2, -0.15) is 5.10 Å². The Balaban J connectivity index is 2.69. The second kappa shape index (κ2) is 4.04. The third-order valence-electron chi connectivity index (χ3n) is 1.26. The van der Waals surface area contributed by atoms with Crippen molar-refractivity contribution in [3.8, 4) is 0 Å². The molecule has 1 aromatic heterocycles. The Morgan fingerprint density at radius 3 is 2.85 bits per heavy atom. The van der Waals surface area contributed by atoms with Crippen LogP contribution < -0.4 is 5.32 Å². The minimum absolute atomic E-state index is 0.267. The van der Waals surface area contributed by atoms with Gasteiger partial charge in [-0.1, -0.05) is 11.6 Å². The van der Waals surface area contributed by atoms with Crippen LogP contribution in [0.2, 0.25) is 5.02 Å². The average Bonchev–Trinajstić information content (AvgIpc) is 2.04. The molecule has 70 valence electrons. The molecule has 0 unspecified atom stereocenters. The first-order valence-corrected chi connectivity index (χ1v) is 3.94. The predicted molar refractivity (Wildman–Crippen MR) is 49.7 cm³/mol. The Morgan fingerprint density at radius 2 is 2.31 bits per heavy atom. The van der Waals surface area contributed by atoms with E-state index in [1.807, 2.05) is 0 Å². The molecule has 6 heteroatoms. The van der Waals surface area contributed by atoms with E-state index < -0.39 is 0 Å². The molecular formula is C7H9ClN4O. The molecule has 1 aromatic rings. The van der Waals surface area contributed by atoms with E-state index in [-0.39, 0.29) is 6.03 Å². The van der Waals surface area contributed by atoms with Crippen molar-refractivity contribution in [1.29, 1.82) is 0 Å². The molecule has 13 heavy (non-hydrogen) atoms. The van der Waals surface area contributed by atoms with Crippen molar-refractivity contribution in [2.45, 2.75) is 0 Å². The normalized spacial score (nSPS) is 9.46. The summed E-state index contributed by atoms with van der Waals surface area (Å²) in [4.78, 5) is 12.5. The largest absolute Gasteiger partial charge is 0.331 e. The third kappa shape index (κ3) is 2.87. The van der Waals surface area contributed by atoms with Crippen molar-refractivity contribution in [3.05, 3.63) is 17.3 Å². The lowest BCUT2D eigenvalue weighted by atomic mass is 10.5. The summed E-state index contributed by atoms with van der Waals surface area (Å²) in [6.07, 6.45) is 1.40. The lowest BCUT2D eigenvalue weighted by Gasteiger charge is -2.10. The monoisotopic (exact) mass is 200 g/mol. The van der Waals surface area contributed by atoms with Gasteiger partial charge in [-0.25, -0.2) is 4.79 Å². The minimum atomic E-state index is -0.267. The molecule has 5 nitrogen and oxygen atoms in total. The number of nitrogens with zero attached hydrogens (tertiary/aromatic N) is 3. The lowest BCUT2D eigenvalue weighted by Crippen LogP contribution is -2.27. The molecule has 1 N–H and O–H groups in total. The quantitative estimate of drug-likeness (QED) is 0.742. The summed E-state index contributed by atoms with van der Waals surface area (Å²) in [5.41, 5.74) is 0. The molecule has 0 aliphatic rings. The topological polar surface area (TPSA) is 58.1 Å². The van der Waals surface area contributed by atoms with Crippen LogP contribution in [0.1, 0.15) is 0 Å². The van der Waals surface area contributed by atoms with Crippen molar-refractivity contribution in [3.63, 3.8) is 0 Å². The van der Waals surface area contributed by atoms with Crippen LogP contribution in [0.5, 0.6) is 0 Å². The summed E-state index contributed by atoms with van der Waals surface area (Å²) in [6.45, 7) is 0. The van der Waals surface area contributed by atoms with Gasteiger partial charge in [0.25, 0.3) is 0 Å². The second-order valence-corrected chi connectivity index (χ2v) is 3.02. The summed E-state index contributed by atoms with van der Waals surface area (Å²) in [5, 5.41) is 10.2. The van der Waals surface area contributed by atoms with E-state index in [1.54, 1.807) is 14.1 Å². The Bertz CT molecular complexity index is 315. The fourth-order valence-corrected chi connectivity index (χ4v) is 0.772. The number of carbonyl (C=O) groups excluding carboxylic acids is 1. The van der Waals surface area contributed by atoms with E-state index in [2.05, 4.69) is 15.5 Å². The number of urea groups is 1. The second-order valence-electron chi connectivity index (χ2n) is 2.58. The minimum Gasteiger partial charge on any atom is -0.331 e. The van der Waals surface area contributed by atoms with Crippen molar-refractivity contribution < 1.29 is 4.79 Å². The zero-order valence-electron chi connectivity index (χ0n) is 7.28. The number of carbonyl (C=O) groups is 1. The van der Waals surface area contributed by atoms with Gasteiger partial charge in [-0.3, -0.25) is 5.32 Å². The standard InChI is InChI=1S/C7H9ClN4O/c1-12(2)7(13)10-6-3-5(8)4-9-11-6/h3-4H,1-2H3,(H,10,11,13). The van der Waals surface area contributed by atoms with Crippen molar-refractivity contribution in [2.24, 2.45) is 0 Å². The van der Waals surface area contributed by atoms with Crippen molar-refractivity contribution in [2.75, 3.05) is 19.4 Å². The van der Waals surface area contributed by atoms with E-state index in [1.165, 1.54) is 17.2 Å². The number of rotatable bonds is 1. The van der Waals surface area contributed by atoms with E-state index in [4.69, 9.17) is 11.6 Å². The fourth-order valence-electron chi connectivity index (χ4n) is 0.625. The van der Waals surface area contributed by atoms with Crippen LogP contribution in [0.25, 0.3) is 0 Å². The molecule has 0 radical (unpaired) electrons. The summed E-state index contributed by atoms with van der Waals surface area (Å²) >= 11 is 5.64. The number of halogens is 1. The number of nitrogens with one attached hydrogen (secondary N) is 1. The van der Waals surface area contributed by atoms with Gasteiger partial charge in [0.1, 0.15) is 0 Å². The van der Waals surface area contributed by atoms with Gasteiger partial charge in [0, 0.05) is 20.2 Å². The summed E-state index contributed by atoms with van der Waals surface area (Å²) < 4.78 is 0. The van der Waals surface area contributed by atoms with Crippen LogP contribution in [0.4, 0.5) is 10.6 Å². The maximum atomic E-state index is 11.1. The first kappa shape index (κ1) is 9.73. The molecule has 0 saturated heterocycles. The molecule has 0 aromatic carbocycles. The van der Waals surface area contributed by atoms with Gasteiger partial charge >= 0.3 is 6.03 Å². The van der Waals surface area contributed by atoms with Crippen LogP contribution in [0, 0.1) is 0 Å². The van der Waals surface area contributed by atoms with Crippen LogP contribution in [-0.4, -0.2) is 35.2 Å². The van der Waals surface area contributed by atoms with Crippen LogP contribution in [-0.2, 0) is 0 Å². The molecule has 0 aliphatic heterocycles. The van der Waals surface area contributed by atoms with Crippen molar-refractivity contribution >= 4 is 23.4 Å². The average molecular weight is 201 g/mol. The van der Waals surface area contributed by atoms with Gasteiger partial charge in [0.2, 0.25) is 0 Å². The Morgan fingerprint density at radius 1 is 1.62 bits per heavy atom. The fraction of sp³-hybridized carbons (Fsp3) is 0.286. The van der Waals surface area contributed by atoms with Crippen molar-refractivity contribution in [1.82, 2.24) is 15.1 Å². The molecule has 0 atom stereocenters. The predicted octanol–water partition coefficient (Wildman–Crippen LogP) is 1.22. The molecule has 1 rings (SSSR count). The van der Waals surface area contributed by atoms with Crippen LogP contribution in [0.15, 0.2) is 12.3 Å². The Kier molecular flexibility index (Phi) is 3.02. The number of hydrogen-bond donors (Lipinski definition) is 1. The molecule has 0 saturated carbocycles. The first-order valence-electron chi connectivity index (χ1n) is 3.56. The molecule has 1 heterocycles. The van der Waals surface area contributed by atoms with Gasteiger partial charge in [0.15, 0.2) is 5.82 Å². The van der Waals surface area contributed by atoms with Gasteiger partial charge in [0.05, 0.1) is 11.2 Å². The van der Waals surface area contributed by atoms with Crippen LogP contribution in [0.3, 0.4) is 0 Å². The number of anilines is 1. The first-order chi connectivity index (χ1) is 6.09. The Hall–Kier alpha value is -1.36.